The second-order valence-electron chi connectivity index (χ2n) is 10.0. The molecule has 0 unspecified atom stereocenters. The van der Waals surface area contributed by atoms with Gasteiger partial charge in [0.1, 0.15) is 0 Å². The summed E-state index contributed by atoms with van der Waals surface area (Å²) in [5, 5.41) is 0. The predicted molar refractivity (Wildman–Crippen MR) is 104 cm³/mol. The lowest BCUT2D eigenvalue weighted by Gasteiger charge is -2.42. The lowest BCUT2D eigenvalue weighted by molar-refractivity contribution is -0.0755. The molecule has 2 aliphatic heterocycles. The molecule has 0 amide bonds. The first-order valence-corrected chi connectivity index (χ1v) is 9.99. The van der Waals surface area contributed by atoms with Gasteiger partial charge < -0.3 is 14.4 Å². The van der Waals surface area contributed by atoms with E-state index in [4.69, 9.17) is 9.47 Å². The summed E-state index contributed by atoms with van der Waals surface area (Å²) in [6, 6.07) is 0. The summed E-state index contributed by atoms with van der Waals surface area (Å²) in [5.41, 5.74) is 0.362. The van der Waals surface area contributed by atoms with Crippen LogP contribution in [0.4, 0.5) is 0 Å². The minimum absolute atomic E-state index is 0.0467. The molecule has 2 fully saturated rings. The van der Waals surface area contributed by atoms with Crippen LogP contribution in [0.3, 0.4) is 0 Å². The van der Waals surface area contributed by atoms with E-state index in [0.29, 0.717) is 5.41 Å². The van der Waals surface area contributed by atoms with Gasteiger partial charge >= 0.3 is 0 Å². The van der Waals surface area contributed by atoms with Crippen molar-refractivity contribution in [3.05, 3.63) is 0 Å². The second-order valence-corrected chi connectivity index (χ2v) is 10.0. The predicted octanol–water partition coefficient (Wildman–Crippen LogP) is 2.37. The standard InChI is InChI=1S/C20H41N3O2/c1-19(2,3)16-23-13-18(14-23)15-24-12-11-21-7-9-22(10-8-21)17-25-20(4,5)6/h18H,7-17H2,1-6H3. The zero-order valence-corrected chi connectivity index (χ0v) is 17.5. The van der Waals surface area contributed by atoms with E-state index >= 15 is 0 Å². The molecule has 5 heteroatoms. The fraction of sp³-hybridized carbons (Fsp3) is 1.00. The lowest BCUT2D eigenvalue weighted by atomic mass is 9.92. The highest BCUT2D eigenvalue weighted by Gasteiger charge is 2.29. The minimum atomic E-state index is -0.0467. The molecule has 0 atom stereocenters. The summed E-state index contributed by atoms with van der Waals surface area (Å²) >= 11 is 0. The first-order valence-electron chi connectivity index (χ1n) is 9.99. The van der Waals surface area contributed by atoms with E-state index in [2.05, 4.69) is 56.2 Å². The maximum atomic E-state index is 5.93. The average molecular weight is 356 g/mol. The van der Waals surface area contributed by atoms with E-state index in [1.54, 1.807) is 0 Å². The zero-order chi connectivity index (χ0) is 18.5. The quantitative estimate of drug-likeness (QED) is 0.623. The summed E-state index contributed by atoms with van der Waals surface area (Å²) in [5.74, 6) is 0.744. The van der Waals surface area contributed by atoms with Crippen molar-refractivity contribution in [2.45, 2.75) is 47.1 Å². The number of piperazine rings is 1. The van der Waals surface area contributed by atoms with Gasteiger partial charge in [0, 0.05) is 58.3 Å². The second kappa shape index (κ2) is 9.14. The van der Waals surface area contributed by atoms with Gasteiger partial charge in [-0.1, -0.05) is 20.8 Å². The van der Waals surface area contributed by atoms with Gasteiger partial charge in [0.25, 0.3) is 0 Å². The number of hydrogen-bond acceptors (Lipinski definition) is 5. The molecule has 0 spiro atoms. The molecular formula is C20H41N3O2. The van der Waals surface area contributed by atoms with Crippen molar-refractivity contribution in [2.24, 2.45) is 11.3 Å². The van der Waals surface area contributed by atoms with Crippen LogP contribution in [0, 0.1) is 11.3 Å². The van der Waals surface area contributed by atoms with Crippen LogP contribution in [0.5, 0.6) is 0 Å². The summed E-state index contributed by atoms with van der Waals surface area (Å²) < 4.78 is 11.8. The molecular weight excluding hydrogens is 314 g/mol. The average Bonchev–Trinajstić information content (AvgIpc) is 2.45. The smallest absolute Gasteiger partial charge is 0.0998 e. The van der Waals surface area contributed by atoms with E-state index in [1.165, 1.54) is 19.6 Å². The van der Waals surface area contributed by atoms with Crippen molar-refractivity contribution in [1.29, 1.82) is 0 Å². The molecule has 0 aromatic rings. The van der Waals surface area contributed by atoms with Crippen LogP contribution >= 0.6 is 0 Å². The third-order valence-corrected chi connectivity index (χ3v) is 4.78. The van der Waals surface area contributed by atoms with Gasteiger partial charge in [-0.15, -0.1) is 0 Å². The highest BCUT2D eigenvalue weighted by molar-refractivity contribution is 4.82. The maximum absolute atomic E-state index is 5.93. The minimum Gasteiger partial charge on any atom is -0.380 e. The fourth-order valence-electron chi connectivity index (χ4n) is 3.45. The molecule has 148 valence electrons. The van der Waals surface area contributed by atoms with Crippen molar-refractivity contribution in [1.82, 2.24) is 14.7 Å². The summed E-state index contributed by atoms with van der Waals surface area (Å²) in [4.78, 5) is 7.47. The first-order chi connectivity index (χ1) is 11.6. The number of nitrogens with zero attached hydrogens (tertiary/aromatic N) is 3. The van der Waals surface area contributed by atoms with Gasteiger partial charge in [0.2, 0.25) is 0 Å². The van der Waals surface area contributed by atoms with Crippen LogP contribution in [0.25, 0.3) is 0 Å². The SMILES string of the molecule is CC(C)(C)CN1CC(COCCN2CCN(COC(C)(C)C)CC2)C1. The summed E-state index contributed by atoms with van der Waals surface area (Å²) in [6.07, 6.45) is 0. The highest BCUT2D eigenvalue weighted by atomic mass is 16.5. The van der Waals surface area contributed by atoms with Gasteiger partial charge in [0.15, 0.2) is 0 Å². The lowest BCUT2D eigenvalue weighted by Crippen LogP contribution is -2.51. The van der Waals surface area contributed by atoms with Crippen molar-refractivity contribution >= 4 is 0 Å². The molecule has 2 heterocycles. The molecule has 0 bridgehead atoms. The molecule has 25 heavy (non-hydrogen) atoms. The van der Waals surface area contributed by atoms with Gasteiger partial charge in [-0.2, -0.15) is 0 Å². The van der Waals surface area contributed by atoms with Crippen LogP contribution in [0.2, 0.25) is 0 Å². The zero-order valence-electron chi connectivity index (χ0n) is 17.5. The molecule has 0 aromatic carbocycles. The molecule has 2 aliphatic rings. The Kier molecular flexibility index (Phi) is 7.71. The van der Waals surface area contributed by atoms with E-state index in [-0.39, 0.29) is 5.60 Å². The van der Waals surface area contributed by atoms with Crippen molar-refractivity contribution in [2.75, 3.05) is 72.3 Å². The van der Waals surface area contributed by atoms with Crippen molar-refractivity contribution < 1.29 is 9.47 Å². The van der Waals surface area contributed by atoms with Crippen LogP contribution in [0.1, 0.15) is 41.5 Å². The maximum Gasteiger partial charge on any atom is 0.0998 e. The Morgan fingerprint density at radius 3 is 2.00 bits per heavy atom. The molecule has 5 nitrogen and oxygen atoms in total. The van der Waals surface area contributed by atoms with Gasteiger partial charge in [-0.25, -0.2) is 0 Å². The van der Waals surface area contributed by atoms with E-state index in [0.717, 1.165) is 58.6 Å². The highest BCUT2D eigenvalue weighted by Crippen LogP contribution is 2.22. The van der Waals surface area contributed by atoms with Crippen molar-refractivity contribution in [3.63, 3.8) is 0 Å². The number of rotatable bonds is 8. The topological polar surface area (TPSA) is 28.2 Å². The first kappa shape index (κ1) is 21.1. The van der Waals surface area contributed by atoms with Crippen LogP contribution in [-0.4, -0.2) is 92.6 Å². The van der Waals surface area contributed by atoms with Crippen LogP contribution in [0.15, 0.2) is 0 Å². The summed E-state index contributed by atoms with van der Waals surface area (Å²) in [7, 11) is 0. The van der Waals surface area contributed by atoms with Crippen molar-refractivity contribution in [3.8, 4) is 0 Å². The molecule has 2 rings (SSSR count). The Morgan fingerprint density at radius 1 is 0.840 bits per heavy atom. The van der Waals surface area contributed by atoms with Gasteiger partial charge in [-0.05, 0) is 26.2 Å². The molecule has 0 aromatic heterocycles. The van der Waals surface area contributed by atoms with Crippen LogP contribution in [-0.2, 0) is 9.47 Å². The molecule has 0 N–H and O–H groups in total. The molecule has 0 aliphatic carbocycles. The molecule has 0 radical (unpaired) electrons. The Hall–Kier alpha value is -0.200. The summed E-state index contributed by atoms with van der Waals surface area (Å²) in [6.45, 7) is 25.0. The monoisotopic (exact) mass is 355 g/mol. The Balaban J connectivity index is 1.45. The third kappa shape index (κ3) is 8.83. The largest absolute Gasteiger partial charge is 0.380 e. The van der Waals surface area contributed by atoms with Crippen LogP contribution < -0.4 is 0 Å². The Morgan fingerprint density at radius 2 is 1.44 bits per heavy atom. The Bertz CT molecular complexity index is 375. The Labute approximate surface area is 155 Å². The normalized spacial score (nSPS) is 22.3. The number of hydrogen-bond donors (Lipinski definition) is 0. The molecule has 2 saturated heterocycles. The van der Waals surface area contributed by atoms with E-state index in [1.807, 2.05) is 0 Å². The molecule has 0 saturated carbocycles. The van der Waals surface area contributed by atoms with E-state index < -0.39 is 0 Å². The van der Waals surface area contributed by atoms with Gasteiger partial charge in [0.05, 0.1) is 25.5 Å². The van der Waals surface area contributed by atoms with Gasteiger partial charge in [-0.3, -0.25) is 9.80 Å². The fourth-order valence-corrected chi connectivity index (χ4v) is 3.45. The van der Waals surface area contributed by atoms with E-state index in [9.17, 15) is 0 Å². The third-order valence-electron chi connectivity index (χ3n) is 4.78. The number of likely N-dealkylation sites (tertiary alicyclic amines) is 1. The number of ether oxygens (including phenoxy) is 2.